The van der Waals surface area contributed by atoms with Gasteiger partial charge in [0.1, 0.15) is 11.3 Å². The number of anilines is 1. The minimum atomic E-state index is -0.190. The molecule has 2 saturated heterocycles. The van der Waals surface area contributed by atoms with E-state index in [1.54, 1.807) is 25.4 Å². The van der Waals surface area contributed by atoms with Crippen molar-refractivity contribution in [1.82, 2.24) is 24.8 Å². The minimum absolute atomic E-state index is 0.0489. The number of aromatic nitrogens is 3. The zero-order valence-electron chi connectivity index (χ0n) is 20.7. The zero-order chi connectivity index (χ0) is 25.1. The predicted molar refractivity (Wildman–Crippen MR) is 137 cm³/mol. The highest BCUT2D eigenvalue weighted by molar-refractivity contribution is 5.79. The molecule has 0 saturated carbocycles. The molecular weight excluding hydrogens is 459 g/mol. The number of piperidine rings is 2. The van der Waals surface area contributed by atoms with Gasteiger partial charge in [-0.25, -0.2) is 14.4 Å². The number of fused-ring (bicyclic) bond motifs is 1. The first-order chi connectivity index (χ1) is 17.5. The quantitative estimate of drug-likeness (QED) is 0.570. The van der Waals surface area contributed by atoms with Gasteiger partial charge < -0.3 is 10.2 Å². The normalized spacial score (nSPS) is 19.5. The van der Waals surface area contributed by atoms with Crippen LogP contribution < -0.4 is 15.8 Å². The number of carbonyl (C=O) groups is 1. The van der Waals surface area contributed by atoms with Gasteiger partial charge in [0.15, 0.2) is 11.5 Å². The highest BCUT2D eigenvalue weighted by Gasteiger charge is 2.29. The molecule has 1 aromatic carbocycles. The van der Waals surface area contributed by atoms with Crippen LogP contribution in [0.2, 0.25) is 0 Å². The fourth-order valence-electron chi connectivity index (χ4n) is 5.34. The van der Waals surface area contributed by atoms with E-state index in [0.717, 1.165) is 44.3 Å². The molecule has 5 rings (SSSR count). The van der Waals surface area contributed by atoms with E-state index in [9.17, 15) is 14.0 Å². The molecule has 0 aliphatic carbocycles. The molecule has 3 aromatic rings. The highest BCUT2D eigenvalue weighted by Crippen LogP contribution is 2.23. The van der Waals surface area contributed by atoms with Crippen molar-refractivity contribution in [3.05, 3.63) is 64.3 Å². The van der Waals surface area contributed by atoms with Crippen molar-refractivity contribution < 1.29 is 9.18 Å². The van der Waals surface area contributed by atoms with E-state index in [4.69, 9.17) is 0 Å². The summed E-state index contributed by atoms with van der Waals surface area (Å²) in [5.41, 5.74) is 1.77. The Balaban J connectivity index is 1.14. The lowest BCUT2D eigenvalue weighted by atomic mass is 9.94. The van der Waals surface area contributed by atoms with Crippen LogP contribution in [0.15, 0.2) is 47.4 Å². The standard InChI is InChI=1S/C27H33FN6O2/c1-32-24-23(9-4-12-29-24)31-25(27(32)36)34-13-5-7-21(18-34)26(35)30-16-19-10-14-33(15-11-19)17-20-6-2-3-8-22(20)28/h2-4,6,8-9,12,19,21H,5,7,10-11,13-18H2,1H3,(H,30,35). The number of nitrogens with one attached hydrogen (secondary N) is 1. The number of halogens is 1. The number of carbonyl (C=O) groups excluding carboxylic acids is 1. The van der Waals surface area contributed by atoms with Crippen LogP contribution in [0.3, 0.4) is 0 Å². The van der Waals surface area contributed by atoms with E-state index < -0.39 is 0 Å². The average Bonchev–Trinajstić information content (AvgIpc) is 2.91. The monoisotopic (exact) mass is 492 g/mol. The molecule has 190 valence electrons. The number of benzene rings is 1. The summed E-state index contributed by atoms with van der Waals surface area (Å²) in [7, 11) is 1.71. The number of likely N-dealkylation sites (tertiary alicyclic amines) is 1. The van der Waals surface area contributed by atoms with E-state index in [1.165, 1.54) is 10.6 Å². The summed E-state index contributed by atoms with van der Waals surface area (Å²) >= 11 is 0. The van der Waals surface area contributed by atoms with Crippen LogP contribution >= 0.6 is 0 Å². The Morgan fingerprint density at radius 3 is 2.72 bits per heavy atom. The van der Waals surface area contributed by atoms with Gasteiger partial charge >= 0.3 is 0 Å². The molecule has 2 aromatic heterocycles. The van der Waals surface area contributed by atoms with Crippen molar-refractivity contribution in [3.8, 4) is 0 Å². The largest absolute Gasteiger partial charge is 0.356 e. The minimum Gasteiger partial charge on any atom is -0.356 e. The van der Waals surface area contributed by atoms with E-state index in [1.807, 2.05) is 23.1 Å². The van der Waals surface area contributed by atoms with Crippen molar-refractivity contribution in [3.63, 3.8) is 0 Å². The van der Waals surface area contributed by atoms with Gasteiger partial charge in [-0.2, -0.15) is 0 Å². The Kier molecular flexibility index (Phi) is 7.27. The third-order valence-electron chi connectivity index (χ3n) is 7.52. The maximum Gasteiger partial charge on any atom is 0.294 e. The molecule has 9 heteroatoms. The average molecular weight is 493 g/mol. The SMILES string of the molecule is Cn1c(=O)c(N2CCCC(C(=O)NCC3CCN(Cc4ccccc4F)CC3)C2)nc2cccnc21. The van der Waals surface area contributed by atoms with Crippen LogP contribution in [0.5, 0.6) is 0 Å². The van der Waals surface area contributed by atoms with Gasteiger partial charge in [-0.1, -0.05) is 18.2 Å². The first-order valence-electron chi connectivity index (χ1n) is 12.8. The number of pyridine rings is 1. The maximum atomic E-state index is 14.0. The molecule has 1 atom stereocenters. The van der Waals surface area contributed by atoms with Crippen LogP contribution in [0.4, 0.5) is 10.2 Å². The van der Waals surface area contributed by atoms with Crippen LogP contribution in [0.1, 0.15) is 31.2 Å². The summed E-state index contributed by atoms with van der Waals surface area (Å²) in [6.45, 7) is 4.28. The molecule has 8 nitrogen and oxygen atoms in total. The Morgan fingerprint density at radius 2 is 1.92 bits per heavy atom. The second kappa shape index (κ2) is 10.7. The van der Waals surface area contributed by atoms with E-state index in [0.29, 0.717) is 49.1 Å². The third-order valence-corrected chi connectivity index (χ3v) is 7.52. The van der Waals surface area contributed by atoms with Crippen molar-refractivity contribution in [1.29, 1.82) is 0 Å². The highest BCUT2D eigenvalue weighted by atomic mass is 19.1. The van der Waals surface area contributed by atoms with E-state index in [2.05, 4.69) is 20.2 Å². The Bertz CT molecular complexity index is 1290. The summed E-state index contributed by atoms with van der Waals surface area (Å²) in [4.78, 5) is 39.0. The lowest BCUT2D eigenvalue weighted by molar-refractivity contribution is -0.125. The van der Waals surface area contributed by atoms with Gasteiger partial charge in [0, 0.05) is 45.0 Å². The smallest absolute Gasteiger partial charge is 0.294 e. The van der Waals surface area contributed by atoms with Crippen molar-refractivity contribution >= 4 is 22.9 Å². The predicted octanol–water partition coefficient (Wildman–Crippen LogP) is 2.71. The Labute approximate surface area is 210 Å². The van der Waals surface area contributed by atoms with Crippen LogP contribution in [-0.2, 0) is 18.4 Å². The van der Waals surface area contributed by atoms with Crippen molar-refractivity contribution in [2.45, 2.75) is 32.2 Å². The number of hydrogen-bond acceptors (Lipinski definition) is 6. The number of nitrogens with zero attached hydrogens (tertiary/aromatic N) is 5. The summed E-state index contributed by atoms with van der Waals surface area (Å²) in [5, 5.41) is 3.17. The maximum absolute atomic E-state index is 14.0. The van der Waals surface area contributed by atoms with Crippen molar-refractivity contribution in [2.24, 2.45) is 18.9 Å². The van der Waals surface area contributed by atoms with Gasteiger partial charge in [0.2, 0.25) is 5.91 Å². The number of hydrogen-bond donors (Lipinski definition) is 1. The summed E-state index contributed by atoms with van der Waals surface area (Å²) in [6, 6.07) is 10.6. The summed E-state index contributed by atoms with van der Waals surface area (Å²) in [6.07, 6.45) is 5.26. The lowest BCUT2D eigenvalue weighted by Crippen LogP contribution is -2.47. The second-order valence-electron chi connectivity index (χ2n) is 9.99. The topological polar surface area (TPSA) is 83.4 Å². The first-order valence-corrected chi connectivity index (χ1v) is 12.8. The molecule has 1 unspecified atom stereocenters. The Morgan fingerprint density at radius 1 is 1.11 bits per heavy atom. The van der Waals surface area contributed by atoms with E-state index >= 15 is 0 Å². The van der Waals surface area contributed by atoms with Gasteiger partial charge in [-0.15, -0.1) is 0 Å². The molecule has 0 bridgehead atoms. The molecule has 0 spiro atoms. The third kappa shape index (κ3) is 5.26. The molecule has 36 heavy (non-hydrogen) atoms. The molecule has 4 heterocycles. The zero-order valence-corrected chi connectivity index (χ0v) is 20.7. The molecule has 1 N–H and O–H groups in total. The van der Waals surface area contributed by atoms with E-state index in [-0.39, 0.29) is 23.2 Å². The molecule has 1 amide bonds. The van der Waals surface area contributed by atoms with Gasteiger partial charge in [0.25, 0.3) is 5.56 Å². The fraction of sp³-hybridized carbons (Fsp3) is 0.481. The number of aryl methyl sites for hydroxylation is 1. The van der Waals surface area contributed by atoms with Crippen LogP contribution in [0.25, 0.3) is 11.2 Å². The lowest BCUT2D eigenvalue weighted by Gasteiger charge is -2.34. The van der Waals surface area contributed by atoms with Crippen LogP contribution in [0, 0.1) is 17.7 Å². The molecule has 2 fully saturated rings. The van der Waals surface area contributed by atoms with Gasteiger partial charge in [-0.3, -0.25) is 19.1 Å². The summed E-state index contributed by atoms with van der Waals surface area (Å²) in [5.74, 6) is 0.538. The van der Waals surface area contributed by atoms with Gasteiger partial charge in [-0.05, 0) is 62.9 Å². The molecule has 2 aliphatic rings. The van der Waals surface area contributed by atoms with Crippen LogP contribution in [-0.4, -0.2) is 58.1 Å². The molecular formula is C27H33FN6O2. The van der Waals surface area contributed by atoms with Gasteiger partial charge in [0.05, 0.1) is 5.92 Å². The molecule has 2 aliphatic heterocycles. The van der Waals surface area contributed by atoms with Crippen molar-refractivity contribution in [2.75, 3.05) is 37.6 Å². The number of rotatable bonds is 6. The fourth-order valence-corrected chi connectivity index (χ4v) is 5.34. The first kappa shape index (κ1) is 24.4. The number of amides is 1. The molecule has 0 radical (unpaired) electrons. The second-order valence-corrected chi connectivity index (χ2v) is 9.99. The summed E-state index contributed by atoms with van der Waals surface area (Å²) < 4.78 is 15.5. The Hall–Kier alpha value is -3.33.